The second kappa shape index (κ2) is 5.83. The van der Waals surface area contributed by atoms with Crippen LogP contribution in [-0.2, 0) is 11.3 Å². The van der Waals surface area contributed by atoms with Crippen LogP contribution in [0.4, 0.5) is 5.69 Å². The number of carbonyl (C=O) groups excluding carboxylic acids is 1. The number of nitrogens with one attached hydrogen (secondary N) is 1. The van der Waals surface area contributed by atoms with Crippen LogP contribution in [0.1, 0.15) is 10.5 Å². The van der Waals surface area contributed by atoms with Crippen molar-refractivity contribution in [3.05, 3.63) is 36.2 Å². The highest BCUT2D eigenvalue weighted by atomic mass is 16.5. The first-order valence-electron chi connectivity index (χ1n) is 5.66. The molecule has 20 heavy (non-hydrogen) atoms. The van der Waals surface area contributed by atoms with Crippen LogP contribution in [0.3, 0.4) is 0 Å². The minimum absolute atomic E-state index is 0.0362. The van der Waals surface area contributed by atoms with E-state index < -0.39 is 11.9 Å². The second-order valence-electron chi connectivity index (χ2n) is 3.88. The number of carboxylic acid groups (broad SMARTS) is 1. The summed E-state index contributed by atoms with van der Waals surface area (Å²) in [5.74, 6) is -0.929. The lowest BCUT2D eigenvalue weighted by atomic mass is 10.3. The topological polar surface area (TPSA) is 106 Å². The molecule has 1 aromatic heterocycles. The molecule has 2 aromatic rings. The van der Waals surface area contributed by atoms with Gasteiger partial charge in [-0.1, -0.05) is 11.3 Å². The summed E-state index contributed by atoms with van der Waals surface area (Å²) in [5.41, 5.74) is 0.580. The number of ether oxygens (including phenoxy) is 1. The summed E-state index contributed by atoms with van der Waals surface area (Å²) in [7, 11) is 1.53. The molecule has 1 amide bonds. The number of methoxy groups -OCH3 is 1. The smallest absolute Gasteiger partial charge is 0.325 e. The van der Waals surface area contributed by atoms with E-state index in [-0.39, 0.29) is 12.2 Å². The molecule has 0 aliphatic rings. The highest BCUT2D eigenvalue weighted by Crippen LogP contribution is 2.17. The van der Waals surface area contributed by atoms with Gasteiger partial charge in [0.15, 0.2) is 5.69 Å². The Kier molecular flexibility index (Phi) is 3.94. The minimum atomic E-state index is -1.06. The first kappa shape index (κ1) is 13.5. The number of carbonyl (C=O) groups is 2. The number of benzene rings is 1. The summed E-state index contributed by atoms with van der Waals surface area (Å²) in [5, 5.41) is 18.4. The molecule has 0 atom stereocenters. The largest absolute Gasteiger partial charge is 0.497 e. The van der Waals surface area contributed by atoms with Gasteiger partial charge in [-0.15, -0.1) is 5.10 Å². The number of hydrogen-bond donors (Lipinski definition) is 2. The number of rotatable bonds is 5. The fourth-order valence-electron chi connectivity index (χ4n) is 1.51. The molecule has 1 aromatic carbocycles. The predicted octanol–water partition coefficient (Wildman–Crippen LogP) is 0.624. The van der Waals surface area contributed by atoms with Crippen LogP contribution in [0.2, 0.25) is 0 Å². The molecule has 1 heterocycles. The van der Waals surface area contributed by atoms with Crippen molar-refractivity contribution >= 4 is 17.6 Å². The molecule has 0 aliphatic carbocycles. The second-order valence-corrected chi connectivity index (χ2v) is 3.88. The lowest BCUT2D eigenvalue weighted by molar-refractivity contribution is -0.137. The summed E-state index contributed by atoms with van der Waals surface area (Å²) < 4.78 is 6.11. The Morgan fingerprint density at radius 2 is 2.25 bits per heavy atom. The van der Waals surface area contributed by atoms with Gasteiger partial charge in [-0.05, 0) is 12.1 Å². The molecule has 0 aliphatic heterocycles. The van der Waals surface area contributed by atoms with E-state index in [1.54, 1.807) is 24.3 Å². The van der Waals surface area contributed by atoms with Crippen molar-refractivity contribution in [2.45, 2.75) is 6.54 Å². The molecule has 8 nitrogen and oxygen atoms in total. The van der Waals surface area contributed by atoms with Crippen LogP contribution >= 0.6 is 0 Å². The van der Waals surface area contributed by atoms with Crippen LogP contribution in [0, 0.1) is 0 Å². The van der Waals surface area contributed by atoms with E-state index in [2.05, 4.69) is 15.6 Å². The average Bonchev–Trinajstić information content (AvgIpc) is 2.86. The van der Waals surface area contributed by atoms with E-state index in [4.69, 9.17) is 9.84 Å². The zero-order chi connectivity index (χ0) is 14.5. The van der Waals surface area contributed by atoms with Crippen molar-refractivity contribution in [3.8, 4) is 5.75 Å². The van der Waals surface area contributed by atoms with Gasteiger partial charge in [0.05, 0.1) is 13.3 Å². The van der Waals surface area contributed by atoms with Crippen LogP contribution in [0.5, 0.6) is 5.75 Å². The van der Waals surface area contributed by atoms with Gasteiger partial charge < -0.3 is 15.2 Å². The van der Waals surface area contributed by atoms with Gasteiger partial charge >= 0.3 is 5.97 Å². The fourth-order valence-corrected chi connectivity index (χ4v) is 1.51. The maximum Gasteiger partial charge on any atom is 0.325 e. The molecule has 2 N–H and O–H groups in total. The number of amides is 1. The van der Waals surface area contributed by atoms with E-state index in [0.717, 1.165) is 4.68 Å². The summed E-state index contributed by atoms with van der Waals surface area (Å²) in [6, 6.07) is 6.83. The number of carboxylic acids is 1. The quantitative estimate of drug-likeness (QED) is 0.829. The van der Waals surface area contributed by atoms with Crippen molar-refractivity contribution in [2.75, 3.05) is 12.4 Å². The van der Waals surface area contributed by atoms with Crippen molar-refractivity contribution < 1.29 is 19.4 Å². The van der Waals surface area contributed by atoms with E-state index in [0.29, 0.717) is 11.4 Å². The maximum absolute atomic E-state index is 11.9. The number of nitrogens with zero attached hydrogens (tertiary/aromatic N) is 3. The van der Waals surface area contributed by atoms with Crippen molar-refractivity contribution in [1.82, 2.24) is 15.0 Å². The molecule has 0 radical (unpaired) electrons. The summed E-state index contributed by atoms with van der Waals surface area (Å²) >= 11 is 0. The highest BCUT2D eigenvalue weighted by molar-refractivity contribution is 6.02. The molecule has 0 fully saturated rings. The number of anilines is 1. The molecule has 0 saturated heterocycles. The summed E-state index contributed by atoms with van der Waals surface area (Å²) in [4.78, 5) is 22.4. The van der Waals surface area contributed by atoms with Crippen molar-refractivity contribution in [1.29, 1.82) is 0 Å². The Bertz CT molecular complexity index is 638. The van der Waals surface area contributed by atoms with Crippen molar-refractivity contribution in [3.63, 3.8) is 0 Å². The van der Waals surface area contributed by atoms with E-state index in [9.17, 15) is 9.59 Å². The normalized spacial score (nSPS) is 10.1. The van der Waals surface area contributed by atoms with Gasteiger partial charge in [0, 0.05) is 11.8 Å². The first-order chi connectivity index (χ1) is 9.58. The van der Waals surface area contributed by atoms with Crippen LogP contribution in [-0.4, -0.2) is 39.1 Å². The van der Waals surface area contributed by atoms with E-state index >= 15 is 0 Å². The molecule has 2 rings (SSSR count). The molecule has 0 saturated carbocycles. The summed E-state index contributed by atoms with van der Waals surface area (Å²) in [6.07, 6.45) is 1.27. The van der Waals surface area contributed by atoms with E-state index in [1.807, 2.05) is 0 Å². The number of hydrogen-bond acceptors (Lipinski definition) is 5. The van der Waals surface area contributed by atoms with Gasteiger partial charge in [0.25, 0.3) is 5.91 Å². The number of aromatic nitrogens is 3. The first-order valence-corrected chi connectivity index (χ1v) is 5.66. The molecule has 0 unspecified atom stereocenters. The third-order valence-corrected chi connectivity index (χ3v) is 2.40. The van der Waals surface area contributed by atoms with E-state index in [1.165, 1.54) is 13.3 Å². The van der Waals surface area contributed by atoms with Gasteiger partial charge in [-0.3, -0.25) is 9.59 Å². The minimum Gasteiger partial charge on any atom is -0.497 e. The fraction of sp³-hybridized carbons (Fsp3) is 0.167. The number of aliphatic carboxylic acids is 1. The Balaban J connectivity index is 2.07. The molecular weight excluding hydrogens is 264 g/mol. The van der Waals surface area contributed by atoms with Gasteiger partial charge in [-0.25, -0.2) is 4.68 Å². The third-order valence-electron chi connectivity index (χ3n) is 2.40. The lowest BCUT2D eigenvalue weighted by Gasteiger charge is -2.04. The summed E-state index contributed by atoms with van der Waals surface area (Å²) in [6.45, 7) is -0.348. The Labute approximate surface area is 114 Å². The van der Waals surface area contributed by atoms with Crippen LogP contribution in [0.25, 0.3) is 0 Å². The van der Waals surface area contributed by atoms with Crippen molar-refractivity contribution in [2.24, 2.45) is 0 Å². The maximum atomic E-state index is 11.9. The molecule has 0 bridgehead atoms. The zero-order valence-corrected chi connectivity index (χ0v) is 10.6. The Morgan fingerprint density at radius 1 is 1.45 bits per heavy atom. The SMILES string of the molecule is COc1cccc(NC(=O)c2cn(CC(=O)O)nn2)c1. The van der Waals surface area contributed by atoms with Gasteiger partial charge in [-0.2, -0.15) is 0 Å². The molecular formula is C12H12N4O4. The monoisotopic (exact) mass is 276 g/mol. The molecule has 0 spiro atoms. The average molecular weight is 276 g/mol. The standard InChI is InChI=1S/C12H12N4O4/c1-20-9-4-2-3-8(5-9)13-12(19)10-6-16(15-14-10)7-11(17)18/h2-6H,7H2,1H3,(H,13,19)(H,17,18). The molecule has 8 heteroatoms. The highest BCUT2D eigenvalue weighted by Gasteiger charge is 2.12. The predicted molar refractivity (Wildman–Crippen MR) is 68.6 cm³/mol. The third kappa shape index (κ3) is 3.31. The van der Waals surface area contributed by atoms with Gasteiger partial charge in [0.2, 0.25) is 0 Å². The zero-order valence-electron chi connectivity index (χ0n) is 10.6. The Hall–Kier alpha value is -2.90. The van der Waals surface area contributed by atoms with Crippen LogP contribution < -0.4 is 10.1 Å². The Morgan fingerprint density at radius 3 is 2.95 bits per heavy atom. The van der Waals surface area contributed by atoms with Gasteiger partial charge in [0.1, 0.15) is 12.3 Å². The van der Waals surface area contributed by atoms with Crippen LogP contribution in [0.15, 0.2) is 30.5 Å². The lowest BCUT2D eigenvalue weighted by Crippen LogP contribution is -2.12. The molecule has 104 valence electrons.